The van der Waals surface area contributed by atoms with Crippen LogP contribution in [-0.4, -0.2) is 12.5 Å². The number of carbonyl (C=O) groups excluding carboxylic acids is 1. The van der Waals surface area contributed by atoms with Crippen molar-refractivity contribution in [1.29, 1.82) is 0 Å². The van der Waals surface area contributed by atoms with Crippen molar-refractivity contribution in [2.45, 2.75) is 0 Å². The van der Waals surface area contributed by atoms with E-state index in [9.17, 15) is 4.79 Å². The van der Waals surface area contributed by atoms with Gasteiger partial charge in [-0.05, 0) is 40.6 Å². The molecule has 0 saturated carbocycles. The molecule has 2 aromatic carbocycles. The topological polar surface area (TPSA) is 39.4 Å². The van der Waals surface area contributed by atoms with E-state index < -0.39 is 12.5 Å². The summed E-state index contributed by atoms with van der Waals surface area (Å²) >= 11 is 5.79. The number of pyridine rings is 1. The van der Waals surface area contributed by atoms with E-state index in [0.717, 1.165) is 5.39 Å². The van der Waals surface area contributed by atoms with Crippen LogP contribution in [0.4, 0.5) is 4.32 Å². The molecular formula is C16H10BClFNO3. The van der Waals surface area contributed by atoms with Crippen molar-refractivity contribution in [3.05, 3.63) is 71.4 Å². The van der Waals surface area contributed by atoms with Crippen LogP contribution in [0.1, 0.15) is 10.4 Å². The van der Waals surface area contributed by atoms with Gasteiger partial charge in [-0.2, -0.15) is 0 Å². The fourth-order valence-electron chi connectivity index (χ4n) is 2.64. The van der Waals surface area contributed by atoms with E-state index in [2.05, 4.69) is 0 Å². The molecule has 2 heterocycles. The predicted molar refractivity (Wildman–Crippen MR) is 84.0 cm³/mol. The molecule has 0 fully saturated rings. The first-order chi connectivity index (χ1) is 11.1. The van der Waals surface area contributed by atoms with Crippen LogP contribution in [0.3, 0.4) is 0 Å². The lowest BCUT2D eigenvalue weighted by Gasteiger charge is -2.32. The highest BCUT2D eigenvalue weighted by molar-refractivity contribution is 6.95. The largest absolute Gasteiger partial charge is 0.650 e. The molecule has 0 amide bonds. The summed E-state index contributed by atoms with van der Waals surface area (Å²) < 4.78 is 27.0. The van der Waals surface area contributed by atoms with Gasteiger partial charge in [0.2, 0.25) is 6.20 Å². The maximum absolute atomic E-state index is 15.2. The van der Waals surface area contributed by atoms with Crippen LogP contribution in [0.2, 0.25) is 5.02 Å². The SMILES string of the molecule is O=C(c1ccc(Cl)cc1)[B@-]1(F)Oc2cccc3ccc[n+](c23)O1. The maximum Gasteiger partial charge on any atom is 0.650 e. The van der Waals surface area contributed by atoms with Gasteiger partial charge in [-0.3, -0.25) is 0 Å². The Morgan fingerprint density at radius 2 is 1.83 bits per heavy atom. The van der Waals surface area contributed by atoms with Crippen LogP contribution in [0.5, 0.6) is 5.75 Å². The number of hydrogen-bond donors (Lipinski definition) is 0. The van der Waals surface area contributed by atoms with Crippen LogP contribution in [0.25, 0.3) is 10.9 Å². The normalized spacial score (nSPS) is 19.0. The van der Waals surface area contributed by atoms with Crippen molar-refractivity contribution in [1.82, 2.24) is 0 Å². The standard InChI is InChI=1S/C16H10BClFNO3/c18-13-8-6-12(7-9-13)16(21)17(19)22-14-5-1-3-11-4-2-10-20(23-17)15(11)14/h1-10H/t17-/m0/s1. The van der Waals surface area contributed by atoms with Crippen LogP contribution >= 0.6 is 11.6 Å². The zero-order chi connectivity index (χ0) is 16.0. The number of rotatable bonds is 2. The van der Waals surface area contributed by atoms with Gasteiger partial charge in [0.25, 0.3) is 5.52 Å². The molecule has 0 radical (unpaired) electrons. The second-order valence-corrected chi connectivity index (χ2v) is 5.68. The van der Waals surface area contributed by atoms with Crippen LogP contribution in [0, 0.1) is 0 Å². The Balaban J connectivity index is 1.79. The predicted octanol–water partition coefficient (Wildman–Crippen LogP) is 2.93. The van der Waals surface area contributed by atoms with Crippen LogP contribution in [0.15, 0.2) is 60.8 Å². The van der Waals surface area contributed by atoms with Gasteiger partial charge >= 0.3 is 6.83 Å². The Kier molecular flexibility index (Phi) is 3.02. The Bertz CT molecular complexity index is 892. The van der Waals surface area contributed by atoms with Crippen molar-refractivity contribution >= 4 is 35.0 Å². The maximum atomic E-state index is 15.2. The fraction of sp³-hybridized carbons (Fsp3) is 0. The number of halogens is 2. The van der Waals surface area contributed by atoms with Gasteiger partial charge in [0.05, 0.1) is 5.39 Å². The summed E-state index contributed by atoms with van der Waals surface area (Å²) in [4.78, 5) is 12.5. The molecule has 0 unspecified atom stereocenters. The highest BCUT2D eigenvalue weighted by Crippen LogP contribution is 2.29. The molecule has 0 N–H and O–H groups in total. The minimum Gasteiger partial charge on any atom is -0.643 e. The second-order valence-electron chi connectivity index (χ2n) is 5.24. The summed E-state index contributed by atoms with van der Waals surface area (Å²) in [5.41, 5.74) is -0.168. The van der Waals surface area contributed by atoms with Crippen molar-refractivity contribution in [2.24, 2.45) is 0 Å². The lowest BCUT2D eigenvalue weighted by molar-refractivity contribution is -0.848. The van der Waals surface area contributed by atoms with Gasteiger partial charge in [0.1, 0.15) is 5.68 Å². The molecular weight excluding hydrogens is 319 g/mol. The van der Waals surface area contributed by atoms with Crippen molar-refractivity contribution in [3.63, 3.8) is 0 Å². The Labute approximate surface area is 136 Å². The quantitative estimate of drug-likeness (QED) is 0.536. The van der Waals surface area contributed by atoms with E-state index in [1.54, 1.807) is 24.4 Å². The highest BCUT2D eigenvalue weighted by Gasteiger charge is 2.50. The summed E-state index contributed by atoms with van der Waals surface area (Å²) in [6.07, 6.45) is 1.54. The zero-order valence-electron chi connectivity index (χ0n) is 11.8. The van der Waals surface area contributed by atoms with Crippen molar-refractivity contribution in [3.8, 4) is 5.75 Å². The molecule has 114 valence electrons. The van der Waals surface area contributed by atoms with E-state index in [1.165, 1.54) is 29.0 Å². The van der Waals surface area contributed by atoms with Crippen LogP contribution in [-0.2, 0) is 0 Å². The Hall–Kier alpha value is -2.60. The third-order valence-electron chi connectivity index (χ3n) is 3.72. The molecule has 4 rings (SSSR count). The highest BCUT2D eigenvalue weighted by atomic mass is 35.5. The number of para-hydroxylation sites is 1. The first-order valence-corrected chi connectivity index (χ1v) is 7.39. The van der Waals surface area contributed by atoms with Gasteiger partial charge in [-0.25, -0.2) is 0 Å². The lowest BCUT2D eigenvalue weighted by atomic mass is 9.72. The molecule has 4 nitrogen and oxygen atoms in total. The number of benzene rings is 2. The molecule has 0 aliphatic carbocycles. The third-order valence-corrected chi connectivity index (χ3v) is 3.97. The van der Waals surface area contributed by atoms with E-state index in [1.807, 2.05) is 12.1 Å². The van der Waals surface area contributed by atoms with E-state index in [4.69, 9.17) is 21.0 Å². The van der Waals surface area contributed by atoms with Crippen LogP contribution < -0.4 is 14.1 Å². The minimum atomic E-state index is -3.71. The van der Waals surface area contributed by atoms with Gasteiger partial charge in [-0.15, -0.1) is 0 Å². The van der Waals surface area contributed by atoms with Crippen molar-refractivity contribution < 1.29 is 23.3 Å². The van der Waals surface area contributed by atoms with Gasteiger partial charge < -0.3 is 18.5 Å². The second kappa shape index (κ2) is 4.96. The summed E-state index contributed by atoms with van der Waals surface area (Å²) in [7, 11) is 0. The number of hydrogen-bond acceptors (Lipinski definition) is 3. The monoisotopic (exact) mass is 329 g/mol. The molecule has 1 aliphatic rings. The summed E-state index contributed by atoms with van der Waals surface area (Å²) in [6, 6.07) is 14.6. The molecule has 1 atom stereocenters. The smallest absolute Gasteiger partial charge is 0.643 e. The zero-order valence-corrected chi connectivity index (χ0v) is 12.5. The first-order valence-electron chi connectivity index (χ1n) is 7.01. The van der Waals surface area contributed by atoms with Crippen molar-refractivity contribution in [2.75, 3.05) is 0 Å². The Morgan fingerprint density at radius 3 is 2.61 bits per heavy atom. The average Bonchev–Trinajstić information content (AvgIpc) is 2.55. The van der Waals surface area contributed by atoms with Gasteiger partial charge in [0.15, 0.2) is 5.75 Å². The van der Waals surface area contributed by atoms with E-state index in [0.29, 0.717) is 10.5 Å². The van der Waals surface area contributed by atoms with Gasteiger partial charge in [0, 0.05) is 11.1 Å². The summed E-state index contributed by atoms with van der Waals surface area (Å²) in [5.74, 6) is 0.263. The Morgan fingerprint density at radius 1 is 1.09 bits per heavy atom. The average molecular weight is 330 g/mol. The molecule has 1 aromatic heterocycles. The van der Waals surface area contributed by atoms with E-state index >= 15 is 4.32 Å². The fourth-order valence-corrected chi connectivity index (χ4v) is 2.76. The minimum absolute atomic E-state index is 0.129. The van der Waals surface area contributed by atoms with Gasteiger partial charge in [-0.1, -0.05) is 29.8 Å². The van der Waals surface area contributed by atoms with E-state index in [-0.39, 0.29) is 11.3 Å². The molecule has 0 bridgehead atoms. The molecule has 23 heavy (non-hydrogen) atoms. The lowest BCUT2D eigenvalue weighted by Crippen LogP contribution is -2.67. The molecule has 7 heteroatoms. The first kappa shape index (κ1) is 14.0. The number of carbonyl (C=O) groups is 1. The number of nitrogens with zero attached hydrogens (tertiary/aromatic N) is 1. The molecule has 0 saturated heterocycles. The summed E-state index contributed by atoms with van der Waals surface area (Å²) in [6.45, 7) is -3.71. The third kappa shape index (κ3) is 2.22. The number of aromatic nitrogens is 1. The summed E-state index contributed by atoms with van der Waals surface area (Å²) in [5, 5.41) is 1.28. The molecule has 1 aliphatic heterocycles. The molecule has 3 aromatic rings. The molecule has 0 spiro atoms.